The molecule has 2 unspecified atom stereocenters. The highest BCUT2D eigenvalue weighted by molar-refractivity contribution is 7.92. The van der Waals surface area contributed by atoms with Crippen LogP contribution < -0.4 is 9.47 Å². The summed E-state index contributed by atoms with van der Waals surface area (Å²) in [6, 6.07) is 6.09. The molecule has 4 heteroatoms. The normalized spacial score (nSPS) is 15.8. The minimum atomic E-state index is -0.690. The highest BCUT2D eigenvalue weighted by Crippen LogP contribution is 2.32. The Kier molecular flexibility index (Phi) is 7.40. The van der Waals surface area contributed by atoms with E-state index in [1.807, 2.05) is 12.1 Å². The molecule has 0 N–H and O–H groups in total. The van der Waals surface area contributed by atoms with Gasteiger partial charge in [0, 0.05) is 0 Å². The third-order valence-electron chi connectivity index (χ3n) is 4.20. The van der Waals surface area contributed by atoms with Crippen LogP contribution in [0.1, 0.15) is 57.9 Å². The zero-order valence-electron chi connectivity index (χ0n) is 13.8. The van der Waals surface area contributed by atoms with Crippen LogP contribution in [0, 0.1) is 0 Å². The third kappa shape index (κ3) is 5.10. The average Bonchev–Trinajstić information content (AvgIpc) is 2.99. The van der Waals surface area contributed by atoms with Gasteiger partial charge in [-0.25, -0.2) is 0 Å². The van der Waals surface area contributed by atoms with Gasteiger partial charge in [-0.2, -0.15) is 0 Å². The number of rotatable bonds is 10. The smallest absolute Gasteiger partial charge is 0.231 e. The zero-order valence-corrected chi connectivity index (χ0v) is 14.6. The second-order valence-corrected chi connectivity index (χ2v) is 7.74. The topological polar surface area (TPSA) is 41.5 Å². The molecule has 0 bridgehead atoms. The van der Waals surface area contributed by atoms with Crippen LogP contribution in [-0.2, 0) is 17.6 Å². The molecule has 1 aromatic rings. The largest absolute Gasteiger partial charge is 0.616 e. The fourth-order valence-electron chi connectivity index (χ4n) is 2.83. The molecule has 0 amide bonds. The van der Waals surface area contributed by atoms with Crippen molar-refractivity contribution in [2.24, 2.45) is 0 Å². The summed E-state index contributed by atoms with van der Waals surface area (Å²) in [6.07, 6.45) is 7.76. The summed E-state index contributed by atoms with van der Waals surface area (Å²) < 4.78 is 23.1. The summed E-state index contributed by atoms with van der Waals surface area (Å²) in [7, 11) is 0. The lowest BCUT2D eigenvalue weighted by atomic mass is 10.1. The van der Waals surface area contributed by atoms with Crippen LogP contribution in [0.2, 0.25) is 0 Å². The van der Waals surface area contributed by atoms with Crippen molar-refractivity contribution in [3.8, 4) is 11.5 Å². The Bertz CT molecular complexity index is 450. The molecule has 3 nitrogen and oxygen atoms in total. The average molecular weight is 324 g/mol. The fourth-order valence-corrected chi connectivity index (χ4v) is 4.39. The first-order valence-corrected chi connectivity index (χ1v) is 9.88. The minimum absolute atomic E-state index is 0.318. The first kappa shape index (κ1) is 17.5. The molecule has 1 heterocycles. The van der Waals surface area contributed by atoms with Crippen molar-refractivity contribution < 1.29 is 14.0 Å². The highest BCUT2D eigenvalue weighted by atomic mass is 32.2. The molecule has 0 aromatic heterocycles. The molecule has 0 radical (unpaired) electrons. The van der Waals surface area contributed by atoms with E-state index in [0.717, 1.165) is 42.9 Å². The van der Waals surface area contributed by atoms with Gasteiger partial charge in [-0.15, -0.1) is 0 Å². The lowest BCUT2D eigenvalue weighted by molar-refractivity contribution is 0.174. The molecule has 2 atom stereocenters. The van der Waals surface area contributed by atoms with Crippen LogP contribution in [0.3, 0.4) is 0 Å². The predicted octanol–water partition coefficient (Wildman–Crippen LogP) is 4.46. The van der Waals surface area contributed by atoms with E-state index in [0.29, 0.717) is 12.0 Å². The van der Waals surface area contributed by atoms with E-state index < -0.39 is 11.2 Å². The molecule has 1 aromatic carbocycles. The van der Waals surface area contributed by atoms with E-state index in [4.69, 9.17) is 9.47 Å². The number of hydrogen-bond donors (Lipinski definition) is 0. The molecule has 2 rings (SSSR count). The Hall–Kier alpha value is -0.870. The molecule has 0 aliphatic carbocycles. The first-order valence-electron chi connectivity index (χ1n) is 8.50. The Morgan fingerprint density at radius 1 is 1.14 bits per heavy atom. The number of unbranched alkanes of at least 4 members (excludes halogenated alkanes) is 2. The van der Waals surface area contributed by atoms with Crippen LogP contribution in [0.4, 0.5) is 0 Å². The minimum Gasteiger partial charge on any atom is -0.616 e. The van der Waals surface area contributed by atoms with Crippen molar-refractivity contribution in [3.63, 3.8) is 0 Å². The maximum atomic E-state index is 12.4. The van der Waals surface area contributed by atoms with Gasteiger partial charge < -0.3 is 14.0 Å². The predicted molar refractivity (Wildman–Crippen MR) is 92.1 cm³/mol. The summed E-state index contributed by atoms with van der Waals surface area (Å²) in [5.41, 5.74) is 1.24. The number of benzene rings is 1. The maximum Gasteiger partial charge on any atom is 0.231 e. The van der Waals surface area contributed by atoms with Crippen molar-refractivity contribution in [2.45, 2.75) is 64.0 Å². The van der Waals surface area contributed by atoms with Gasteiger partial charge in [-0.3, -0.25) is 0 Å². The number of aryl methyl sites for hydroxylation is 1. The molecule has 1 aliphatic rings. The standard InChI is InChI=1S/C18H28O3S/c1-3-5-6-9-16(4-2)22(19)12-7-8-15-10-11-17-18(13-15)21-14-20-17/h10-11,13,16H,3-9,12,14H2,1-2H3. The lowest BCUT2D eigenvalue weighted by Crippen LogP contribution is -2.23. The molecular formula is C18H28O3S. The van der Waals surface area contributed by atoms with Gasteiger partial charge in [-0.1, -0.05) is 43.9 Å². The van der Waals surface area contributed by atoms with Gasteiger partial charge in [0.1, 0.15) is 11.0 Å². The summed E-state index contributed by atoms with van der Waals surface area (Å²) in [5.74, 6) is 2.47. The van der Waals surface area contributed by atoms with Crippen LogP contribution >= 0.6 is 0 Å². The molecule has 0 fully saturated rings. The zero-order chi connectivity index (χ0) is 15.8. The van der Waals surface area contributed by atoms with Gasteiger partial charge in [0.05, 0.1) is 0 Å². The molecular weight excluding hydrogens is 296 g/mol. The van der Waals surface area contributed by atoms with Gasteiger partial charge >= 0.3 is 0 Å². The molecule has 1 aliphatic heterocycles. The Balaban J connectivity index is 1.72. The summed E-state index contributed by atoms with van der Waals surface area (Å²) >= 11 is -0.690. The Morgan fingerprint density at radius 2 is 1.95 bits per heavy atom. The summed E-state index contributed by atoms with van der Waals surface area (Å²) in [4.78, 5) is 0. The third-order valence-corrected chi connectivity index (χ3v) is 6.21. The number of ether oxygens (including phenoxy) is 2. The number of fused-ring (bicyclic) bond motifs is 1. The SMILES string of the molecule is CCCCCC(CC)[S+]([O-])CCCc1ccc2c(c1)OCO2. The molecule has 124 valence electrons. The maximum absolute atomic E-state index is 12.4. The van der Waals surface area contributed by atoms with Crippen molar-refractivity contribution in [1.29, 1.82) is 0 Å². The summed E-state index contributed by atoms with van der Waals surface area (Å²) in [5, 5.41) is 0.378. The van der Waals surface area contributed by atoms with Gasteiger partial charge in [0.15, 0.2) is 11.5 Å². The second-order valence-electron chi connectivity index (χ2n) is 5.90. The molecule has 0 spiro atoms. The Morgan fingerprint density at radius 3 is 2.73 bits per heavy atom. The lowest BCUT2D eigenvalue weighted by Gasteiger charge is -2.20. The van der Waals surface area contributed by atoms with Crippen molar-refractivity contribution in [2.75, 3.05) is 12.5 Å². The van der Waals surface area contributed by atoms with Crippen molar-refractivity contribution >= 4 is 11.2 Å². The van der Waals surface area contributed by atoms with Gasteiger partial charge in [0.25, 0.3) is 0 Å². The van der Waals surface area contributed by atoms with Crippen LogP contribution in [0.25, 0.3) is 0 Å². The van der Waals surface area contributed by atoms with Crippen LogP contribution in [-0.4, -0.2) is 22.3 Å². The van der Waals surface area contributed by atoms with E-state index in [2.05, 4.69) is 19.9 Å². The number of hydrogen-bond acceptors (Lipinski definition) is 3. The van der Waals surface area contributed by atoms with Gasteiger partial charge in [-0.05, 0) is 49.8 Å². The van der Waals surface area contributed by atoms with E-state index in [-0.39, 0.29) is 0 Å². The highest BCUT2D eigenvalue weighted by Gasteiger charge is 2.20. The van der Waals surface area contributed by atoms with Crippen molar-refractivity contribution in [1.82, 2.24) is 0 Å². The van der Waals surface area contributed by atoms with E-state index in [1.54, 1.807) is 0 Å². The summed E-state index contributed by atoms with van der Waals surface area (Å²) in [6.45, 7) is 4.69. The molecule has 0 saturated heterocycles. The van der Waals surface area contributed by atoms with Crippen LogP contribution in [0.5, 0.6) is 11.5 Å². The van der Waals surface area contributed by atoms with Gasteiger partial charge in [0.2, 0.25) is 6.79 Å². The Labute approximate surface area is 137 Å². The van der Waals surface area contributed by atoms with Crippen LogP contribution in [0.15, 0.2) is 18.2 Å². The van der Waals surface area contributed by atoms with E-state index >= 15 is 0 Å². The molecule has 22 heavy (non-hydrogen) atoms. The monoisotopic (exact) mass is 324 g/mol. The molecule has 0 saturated carbocycles. The van der Waals surface area contributed by atoms with E-state index in [9.17, 15) is 4.55 Å². The quantitative estimate of drug-likeness (QED) is 0.471. The first-order chi connectivity index (χ1) is 10.7. The van der Waals surface area contributed by atoms with E-state index in [1.165, 1.54) is 24.8 Å². The second kappa shape index (κ2) is 9.31. The fraction of sp³-hybridized carbons (Fsp3) is 0.667. The van der Waals surface area contributed by atoms with Crippen molar-refractivity contribution in [3.05, 3.63) is 23.8 Å².